The molecule has 3 aromatic heterocycles. The van der Waals surface area contributed by atoms with Crippen LogP contribution in [-0.2, 0) is 4.79 Å². The van der Waals surface area contributed by atoms with Crippen LogP contribution in [0.5, 0.6) is 0 Å². The van der Waals surface area contributed by atoms with E-state index < -0.39 is 0 Å². The van der Waals surface area contributed by atoms with E-state index in [-0.39, 0.29) is 17.4 Å². The molecule has 0 aromatic carbocycles. The highest BCUT2D eigenvalue weighted by Gasteiger charge is 2.36. The summed E-state index contributed by atoms with van der Waals surface area (Å²) in [5.74, 6) is 2.30. The number of rotatable bonds is 3. The number of piperazine rings is 1. The van der Waals surface area contributed by atoms with E-state index >= 15 is 0 Å². The summed E-state index contributed by atoms with van der Waals surface area (Å²) >= 11 is 0. The Morgan fingerprint density at radius 2 is 1.97 bits per heavy atom. The third-order valence-corrected chi connectivity index (χ3v) is 6.56. The molecule has 0 N–H and O–H groups in total. The zero-order valence-corrected chi connectivity index (χ0v) is 19.6. The lowest BCUT2D eigenvalue weighted by Crippen LogP contribution is -2.56. The van der Waals surface area contributed by atoms with Crippen molar-refractivity contribution in [2.75, 3.05) is 24.5 Å². The monoisotopic (exact) mass is 443 g/mol. The zero-order valence-electron chi connectivity index (χ0n) is 19.6. The average molecular weight is 444 g/mol. The maximum absolute atomic E-state index is 12.9. The SMILES string of the molecule is C[C@@H]1CN(c2ncnc3c2c(C2CC2)cn3-c2cc(C#N)ccn2)CCN1C(=O)C(C)(C)C. The molecule has 0 radical (unpaired) electrons. The smallest absolute Gasteiger partial charge is 0.228 e. The molecule has 3 aromatic rings. The Bertz CT molecular complexity index is 1260. The highest BCUT2D eigenvalue weighted by atomic mass is 16.2. The number of pyridine rings is 1. The predicted molar refractivity (Wildman–Crippen MR) is 126 cm³/mol. The number of fused-ring (bicyclic) bond motifs is 1. The maximum Gasteiger partial charge on any atom is 0.228 e. The first kappa shape index (κ1) is 21.4. The number of hydrogen-bond donors (Lipinski definition) is 0. The number of carbonyl (C=O) groups excluding carboxylic acids is 1. The van der Waals surface area contributed by atoms with Crippen molar-refractivity contribution in [3.8, 4) is 11.9 Å². The van der Waals surface area contributed by atoms with Crippen molar-refractivity contribution in [2.45, 2.75) is 52.5 Å². The zero-order chi connectivity index (χ0) is 23.3. The van der Waals surface area contributed by atoms with Gasteiger partial charge in [-0.05, 0) is 43.4 Å². The third-order valence-electron chi connectivity index (χ3n) is 6.56. The molecule has 1 aliphatic heterocycles. The van der Waals surface area contributed by atoms with Crippen LogP contribution in [0.25, 0.3) is 16.9 Å². The molecule has 5 rings (SSSR count). The molecule has 33 heavy (non-hydrogen) atoms. The molecule has 2 fully saturated rings. The van der Waals surface area contributed by atoms with Gasteiger partial charge in [-0.15, -0.1) is 0 Å². The van der Waals surface area contributed by atoms with Gasteiger partial charge in [-0.2, -0.15) is 5.26 Å². The summed E-state index contributed by atoms with van der Waals surface area (Å²) < 4.78 is 1.98. The fraction of sp³-hybridized carbons (Fsp3) is 0.480. The Hall–Kier alpha value is -3.47. The van der Waals surface area contributed by atoms with E-state index in [1.807, 2.05) is 30.2 Å². The Balaban J connectivity index is 1.55. The molecule has 8 heteroatoms. The highest BCUT2D eigenvalue weighted by Crippen LogP contribution is 2.46. The molecule has 2 aliphatic rings. The number of aromatic nitrogens is 4. The van der Waals surface area contributed by atoms with Crippen LogP contribution in [0, 0.1) is 16.7 Å². The van der Waals surface area contributed by atoms with E-state index in [2.05, 4.69) is 34.1 Å². The molecule has 0 bridgehead atoms. The van der Waals surface area contributed by atoms with Gasteiger partial charge in [-0.3, -0.25) is 9.36 Å². The molecule has 1 saturated carbocycles. The predicted octanol–water partition coefficient (Wildman–Crippen LogP) is 3.65. The van der Waals surface area contributed by atoms with Crippen LogP contribution >= 0.6 is 0 Å². The lowest BCUT2D eigenvalue weighted by atomic mass is 9.93. The first-order chi connectivity index (χ1) is 15.8. The number of carbonyl (C=O) groups is 1. The Morgan fingerprint density at radius 1 is 1.18 bits per heavy atom. The molecule has 4 heterocycles. The van der Waals surface area contributed by atoms with Gasteiger partial charge in [-0.25, -0.2) is 15.0 Å². The van der Waals surface area contributed by atoms with E-state index in [1.165, 1.54) is 5.56 Å². The molecule has 170 valence electrons. The van der Waals surface area contributed by atoms with Crippen molar-refractivity contribution in [1.29, 1.82) is 5.26 Å². The summed E-state index contributed by atoms with van der Waals surface area (Å²) in [6, 6.07) is 5.78. The van der Waals surface area contributed by atoms with Gasteiger partial charge in [-0.1, -0.05) is 20.8 Å². The van der Waals surface area contributed by atoms with E-state index in [0.717, 1.165) is 42.8 Å². The van der Waals surface area contributed by atoms with Crippen molar-refractivity contribution < 1.29 is 4.79 Å². The topological polar surface area (TPSA) is 90.9 Å². The lowest BCUT2D eigenvalue weighted by Gasteiger charge is -2.42. The van der Waals surface area contributed by atoms with Gasteiger partial charge in [0.25, 0.3) is 0 Å². The minimum Gasteiger partial charge on any atom is -0.352 e. The number of nitriles is 1. The number of hydrogen-bond acceptors (Lipinski definition) is 6. The number of anilines is 1. The van der Waals surface area contributed by atoms with E-state index in [9.17, 15) is 10.1 Å². The van der Waals surface area contributed by atoms with E-state index in [4.69, 9.17) is 4.98 Å². The minimum atomic E-state index is -0.389. The van der Waals surface area contributed by atoms with Crippen LogP contribution in [-0.4, -0.2) is 56.0 Å². The molecule has 1 aliphatic carbocycles. The summed E-state index contributed by atoms with van der Waals surface area (Å²) in [5, 5.41) is 10.4. The largest absolute Gasteiger partial charge is 0.352 e. The fourth-order valence-corrected chi connectivity index (χ4v) is 4.69. The molecule has 1 amide bonds. The van der Waals surface area contributed by atoms with Gasteiger partial charge in [0.05, 0.1) is 17.0 Å². The lowest BCUT2D eigenvalue weighted by molar-refractivity contribution is -0.142. The van der Waals surface area contributed by atoms with Crippen LogP contribution in [0.3, 0.4) is 0 Å². The Kier molecular flexibility index (Phi) is 5.08. The summed E-state index contributed by atoms with van der Waals surface area (Å²) in [6.45, 7) is 10.2. The van der Waals surface area contributed by atoms with Gasteiger partial charge in [0.2, 0.25) is 5.91 Å². The maximum atomic E-state index is 12.9. The number of nitrogens with zero attached hydrogens (tertiary/aromatic N) is 7. The van der Waals surface area contributed by atoms with Gasteiger partial charge >= 0.3 is 0 Å². The molecule has 1 saturated heterocycles. The number of amides is 1. The van der Waals surface area contributed by atoms with E-state index in [1.54, 1.807) is 24.7 Å². The molecule has 0 unspecified atom stereocenters. The highest BCUT2D eigenvalue weighted by molar-refractivity contribution is 5.93. The van der Waals surface area contributed by atoms with Crippen LogP contribution in [0.4, 0.5) is 5.82 Å². The van der Waals surface area contributed by atoms with Crippen molar-refractivity contribution in [3.63, 3.8) is 0 Å². The van der Waals surface area contributed by atoms with E-state index in [0.29, 0.717) is 23.8 Å². The minimum absolute atomic E-state index is 0.0935. The molecule has 8 nitrogen and oxygen atoms in total. The quantitative estimate of drug-likeness (QED) is 0.614. The average Bonchev–Trinajstić information content (AvgIpc) is 3.57. The summed E-state index contributed by atoms with van der Waals surface area (Å²) in [5.41, 5.74) is 2.23. The van der Waals surface area contributed by atoms with Crippen molar-refractivity contribution in [2.24, 2.45) is 5.41 Å². The summed E-state index contributed by atoms with van der Waals surface area (Å²) in [4.78, 5) is 31.0. The van der Waals surface area contributed by atoms with Crippen molar-refractivity contribution in [3.05, 3.63) is 42.0 Å². The van der Waals surface area contributed by atoms with Gasteiger partial charge in [0.1, 0.15) is 18.0 Å². The Morgan fingerprint density at radius 3 is 2.64 bits per heavy atom. The molecular formula is C25H29N7O. The summed E-state index contributed by atoms with van der Waals surface area (Å²) in [6.07, 6.45) is 7.70. The second-order valence-corrected chi connectivity index (χ2v) is 10.2. The second-order valence-electron chi connectivity index (χ2n) is 10.2. The van der Waals surface area contributed by atoms with Gasteiger partial charge < -0.3 is 9.80 Å². The first-order valence-electron chi connectivity index (χ1n) is 11.6. The van der Waals surface area contributed by atoms with Crippen molar-refractivity contribution in [1.82, 2.24) is 24.4 Å². The fourth-order valence-electron chi connectivity index (χ4n) is 4.69. The second kappa shape index (κ2) is 7.84. The van der Waals surface area contributed by atoms with Gasteiger partial charge in [0, 0.05) is 43.5 Å². The summed E-state index contributed by atoms with van der Waals surface area (Å²) in [7, 11) is 0. The van der Waals surface area contributed by atoms with Crippen LogP contribution in [0.2, 0.25) is 0 Å². The van der Waals surface area contributed by atoms with Crippen molar-refractivity contribution >= 4 is 22.8 Å². The Labute approximate surface area is 193 Å². The molecule has 0 spiro atoms. The normalized spacial score (nSPS) is 19.1. The van der Waals surface area contributed by atoms with Crippen LogP contribution in [0.15, 0.2) is 30.9 Å². The third kappa shape index (κ3) is 3.82. The molecule has 1 atom stereocenters. The van der Waals surface area contributed by atoms with Gasteiger partial charge in [0.15, 0.2) is 5.65 Å². The van der Waals surface area contributed by atoms with Crippen LogP contribution in [0.1, 0.15) is 57.6 Å². The standard InChI is InChI=1S/C25H29N7O/c1-16-13-30(9-10-31(16)24(33)25(2,3)4)22-21-19(18-5-6-18)14-32(23(21)29-15-28-22)20-11-17(12-26)7-8-27-20/h7-8,11,14-16,18H,5-6,9-10,13H2,1-4H3/t16-/m1/s1. The van der Waals surface area contributed by atoms with Crippen LogP contribution < -0.4 is 4.90 Å². The first-order valence-corrected chi connectivity index (χ1v) is 11.6. The molecular weight excluding hydrogens is 414 g/mol.